The number of ether oxygens (including phenoxy) is 1. The number of aliphatic hydroxyl groups excluding tert-OH is 1. The molecule has 0 radical (unpaired) electrons. The zero-order valence-corrected chi connectivity index (χ0v) is 17.9. The van der Waals surface area contributed by atoms with Gasteiger partial charge in [-0.15, -0.1) is 0 Å². The van der Waals surface area contributed by atoms with Gasteiger partial charge in [-0.3, -0.25) is 4.79 Å². The fourth-order valence-corrected chi connectivity index (χ4v) is 4.00. The Morgan fingerprint density at radius 3 is 2.59 bits per heavy atom. The van der Waals surface area contributed by atoms with Crippen LogP contribution in [0.5, 0.6) is 5.75 Å². The van der Waals surface area contributed by atoms with E-state index in [1.807, 2.05) is 20.8 Å². The van der Waals surface area contributed by atoms with Crippen molar-refractivity contribution < 1.29 is 18.3 Å². The number of aliphatic hydroxyl groups is 1. The molecule has 0 bridgehead atoms. The van der Waals surface area contributed by atoms with E-state index in [4.69, 9.17) is 9.84 Å². The molecule has 0 aliphatic heterocycles. The van der Waals surface area contributed by atoms with Crippen molar-refractivity contribution in [2.45, 2.75) is 51.3 Å². The van der Waals surface area contributed by atoms with Crippen LogP contribution in [0.4, 0.5) is 0 Å². The van der Waals surface area contributed by atoms with Crippen molar-refractivity contribution in [2.24, 2.45) is 0 Å². The maximum Gasteiger partial charge on any atom is 0.254 e. The van der Waals surface area contributed by atoms with E-state index >= 15 is 0 Å². The molecular formula is C20H29N3O5S. The van der Waals surface area contributed by atoms with Gasteiger partial charge in [-0.2, -0.15) is 0 Å². The average molecular weight is 424 g/mol. The highest BCUT2D eigenvalue weighted by molar-refractivity contribution is 7.89. The van der Waals surface area contributed by atoms with Crippen LogP contribution in [0.15, 0.2) is 27.9 Å². The Labute approximate surface area is 171 Å². The summed E-state index contributed by atoms with van der Waals surface area (Å²) in [5.74, 6) is 0.734. The summed E-state index contributed by atoms with van der Waals surface area (Å²) in [7, 11) is -3.78. The normalized spacial score (nSPS) is 11.6. The van der Waals surface area contributed by atoms with Crippen LogP contribution in [0, 0.1) is 0 Å². The van der Waals surface area contributed by atoms with E-state index in [9.17, 15) is 13.2 Å². The van der Waals surface area contributed by atoms with Crippen LogP contribution >= 0.6 is 0 Å². The SMILES string of the molecule is CCCOc1ccc(S(=O)(=O)NCCCO)cc1-c1nc(CC)c(CC)c(=O)[nH]1. The molecule has 0 atom stereocenters. The number of hydrogen-bond acceptors (Lipinski definition) is 6. The highest BCUT2D eigenvalue weighted by Gasteiger charge is 2.19. The van der Waals surface area contributed by atoms with Gasteiger partial charge >= 0.3 is 0 Å². The number of aromatic nitrogens is 2. The molecule has 1 heterocycles. The minimum atomic E-state index is -3.78. The summed E-state index contributed by atoms with van der Waals surface area (Å²) in [6.45, 7) is 6.26. The van der Waals surface area contributed by atoms with Crippen molar-refractivity contribution in [1.29, 1.82) is 0 Å². The van der Waals surface area contributed by atoms with Gasteiger partial charge in [0.15, 0.2) is 0 Å². The summed E-state index contributed by atoms with van der Waals surface area (Å²) < 4.78 is 33.4. The lowest BCUT2D eigenvalue weighted by Gasteiger charge is -2.14. The topological polar surface area (TPSA) is 121 Å². The smallest absolute Gasteiger partial charge is 0.254 e. The van der Waals surface area contributed by atoms with E-state index in [-0.39, 0.29) is 29.4 Å². The van der Waals surface area contributed by atoms with E-state index in [2.05, 4.69) is 14.7 Å². The van der Waals surface area contributed by atoms with Crippen LogP contribution in [0.2, 0.25) is 0 Å². The maximum absolute atomic E-state index is 12.6. The molecule has 0 amide bonds. The van der Waals surface area contributed by atoms with Gasteiger partial charge in [-0.1, -0.05) is 20.8 Å². The maximum atomic E-state index is 12.6. The van der Waals surface area contributed by atoms with Crippen LogP contribution in [0.25, 0.3) is 11.4 Å². The van der Waals surface area contributed by atoms with E-state index < -0.39 is 10.0 Å². The molecule has 0 unspecified atom stereocenters. The Bertz CT molecular complexity index is 986. The van der Waals surface area contributed by atoms with E-state index in [0.29, 0.717) is 48.4 Å². The number of hydrogen-bond donors (Lipinski definition) is 3. The monoisotopic (exact) mass is 423 g/mol. The highest BCUT2D eigenvalue weighted by atomic mass is 32.2. The molecule has 2 rings (SSSR count). The number of benzene rings is 1. The molecule has 0 saturated carbocycles. The van der Waals surface area contributed by atoms with E-state index in [1.165, 1.54) is 12.1 Å². The third-order valence-corrected chi connectivity index (χ3v) is 5.85. The molecule has 29 heavy (non-hydrogen) atoms. The Balaban J connectivity index is 2.58. The van der Waals surface area contributed by atoms with Gasteiger partial charge in [0.05, 0.1) is 22.8 Å². The fourth-order valence-electron chi connectivity index (χ4n) is 2.90. The van der Waals surface area contributed by atoms with Crippen LogP contribution in [-0.4, -0.2) is 43.3 Å². The summed E-state index contributed by atoms with van der Waals surface area (Å²) in [6, 6.07) is 4.48. The lowest BCUT2D eigenvalue weighted by molar-refractivity contribution is 0.289. The highest BCUT2D eigenvalue weighted by Crippen LogP contribution is 2.30. The summed E-state index contributed by atoms with van der Waals surface area (Å²) in [6.07, 6.45) is 2.25. The summed E-state index contributed by atoms with van der Waals surface area (Å²) in [5.41, 5.74) is 1.49. The second-order valence-corrected chi connectivity index (χ2v) is 8.30. The lowest BCUT2D eigenvalue weighted by Crippen LogP contribution is -2.25. The largest absolute Gasteiger partial charge is 0.493 e. The fraction of sp³-hybridized carbons (Fsp3) is 0.500. The number of H-pyrrole nitrogens is 1. The number of nitrogens with zero attached hydrogens (tertiary/aromatic N) is 1. The molecule has 8 nitrogen and oxygen atoms in total. The lowest BCUT2D eigenvalue weighted by atomic mass is 10.1. The Morgan fingerprint density at radius 1 is 1.21 bits per heavy atom. The van der Waals surface area contributed by atoms with Crippen molar-refractivity contribution in [3.05, 3.63) is 39.8 Å². The Kier molecular flexibility index (Phi) is 8.36. The zero-order valence-electron chi connectivity index (χ0n) is 17.1. The first-order valence-electron chi connectivity index (χ1n) is 9.87. The van der Waals surface area contributed by atoms with Crippen LogP contribution < -0.4 is 15.0 Å². The third kappa shape index (κ3) is 5.65. The molecule has 3 N–H and O–H groups in total. The molecule has 2 aromatic rings. The third-order valence-electron chi connectivity index (χ3n) is 4.39. The molecule has 160 valence electrons. The molecule has 0 spiro atoms. The number of aryl methyl sites for hydroxylation is 1. The molecule has 1 aromatic heterocycles. The zero-order chi connectivity index (χ0) is 21.4. The molecule has 0 fully saturated rings. The number of nitrogens with one attached hydrogen (secondary N) is 2. The average Bonchev–Trinajstić information content (AvgIpc) is 2.71. The van der Waals surface area contributed by atoms with Gasteiger partial charge in [-0.05, 0) is 43.9 Å². The van der Waals surface area contributed by atoms with Crippen LogP contribution in [-0.2, 0) is 22.9 Å². The van der Waals surface area contributed by atoms with Crippen LogP contribution in [0.3, 0.4) is 0 Å². The van der Waals surface area contributed by atoms with E-state index in [0.717, 1.165) is 6.42 Å². The predicted octanol–water partition coefficient (Wildman–Crippen LogP) is 2.01. The van der Waals surface area contributed by atoms with E-state index in [1.54, 1.807) is 6.07 Å². The van der Waals surface area contributed by atoms with Gasteiger partial charge in [0, 0.05) is 18.7 Å². The first kappa shape index (κ1) is 23.1. The Hall–Kier alpha value is -2.23. The summed E-state index contributed by atoms with van der Waals surface area (Å²) in [5, 5.41) is 8.87. The number of rotatable bonds is 11. The van der Waals surface area contributed by atoms with Crippen molar-refractivity contribution in [3.8, 4) is 17.1 Å². The minimum Gasteiger partial charge on any atom is -0.493 e. The summed E-state index contributed by atoms with van der Waals surface area (Å²) in [4.78, 5) is 19.9. The van der Waals surface area contributed by atoms with Crippen molar-refractivity contribution in [3.63, 3.8) is 0 Å². The van der Waals surface area contributed by atoms with Gasteiger partial charge < -0.3 is 14.8 Å². The van der Waals surface area contributed by atoms with Crippen LogP contribution in [0.1, 0.15) is 44.9 Å². The predicted molar refractivity (Wildman–Crippen MR) is 112 cm³/mol. The van der Waals surface area contributed by atoms with Gasteiger partial charge in [-0.25, -0.2) is 18.1 Å². The van der Waals surface area contributed by atoms with Crippen molar-refractivity contribution in [1.82, 2.24) is 14.7 Å². The van der Waals surface area contributed by atoms with Gasteiger partial charge in [0.2, 0.25) is 10.0 Å². The molecule has 9 heteroatoms. The number of sulfonamides is 1. The number of aromatic amines is 1. The first-order chi connectivity index (χ1) is 13.9. The molecular weight excluding hydrogens is 394 g/mol. The molecule has 0 aliphatic rings. The molecule has 1 aromatic carbocycles. The standard InChI is InChI=1S/C20H29N3O5S/c1-4-12-28-18-9-8-14(29(26,27)21-10-7-11-24)13-16(18)19-22-17(6-3)15(5-2)20(25)23-19/h8-9,13,21,24H,4-7,10-12H2,1-3H3,(H,22,23,25). The molecule has 0 aliphatic carbocycles. The second kappa shape index (κ2) is 10.5. The minimum absolute atomic E-state index is 0.0366. The summed E-state index contributed by atoms with van der Waals surface area (Å²) >= 11 is 0. The van der Waals surface area contributed by atoms with Crippen molar-refractivity contribution >= 4 is 10.0 Å². The first-order valence-corrected chi connectivity index (χ1v) is 11.4. The van der Waals surface area contributed by atoms with Gasteiger partial charge in [0.25, 0.3) is 5.56 Å². The quantitative estimate of drug-likeness (QED) is 0.475. The second-order valence-electron chi connectivity index (χ2n) is 6.53. The molecule has 0 saturated heterocycles. The van der Waals surface area contributed by atoms with Gasteiger partial charge in [0.1, 0.15) is 11.6 Å². The Morgan fingerprint density at radius 2 is 1.97 bits per heavy atom. The van der Waals surface area contributed by atoms with Crippen molar-refractivity contribution in [2.75, 3.05) is 19.8 Å².